The van der Waals surface area contributed by atoms with E-state index < -0.39 is 0 Å². The molecule has 0 spiro atoms. The lowest BCUT2D eigenvalue weighted by Gasteiger charge is -2.26. The number of hydrogen-bond donors (Lipinski definition) is 1. The lowest BCUT2D eigenvalue weighted by molar-refractivity contribution is 0.174. The third-order valence-corrected chi connectivity index (χ3v) is 4.84. The lowest BCUT2D eigenvalue weighted by atomic mass is 10.1. The van der Waals surface area contributed by atoms with E-state index >= 15 is 0 Å². The number of carbonyl (C=O) groups excluding carboxylic acids is 1. The highest BCUT2D eigenvalue weighted by Crippen LogP contribution is 2.32. The molecule has 2 amide bonds. The Kier molecular flexibility index (Phi) is 4.84. The Morgan fingerprint density at radius 1 is 1.21 bits per heavy atom. The summed E-state index contributed by atoms with van der Waals surface area (Å²) >= 11 is 0. The van der Waals surface area contributed by atoms with Gasteiger partial charge in [0.2, 0.25) is 6.79 Å². The molecule has 1 aliphatic rings. The van der Waals surface area contributed by atoms with Crippen molar-refractivity contribution in [3.05, 3.63) is 66.2 Å². The van der Waals surface area contributed by atoms with Crippen molar-refractivity contribution < 1.29 is 14.3 Å². The van der Waals surface area contributed by atoms with Gasteiger partial charge in [-0.15, -0.1) is 0 Å². The minimum atomic E-state index is -0.148. The number of fused-ring (bicyclic) bond motifs is 1. The highest BCUT2D eigenvalue weighted by molar-refractivity contribution is 5.74. The van der Waals surface area contributed by atoms with Gasteiger partial charge in [0.1, 0.15) is 12.7 Å². The molecule has 3 aromatic rings. The third-order valence-electron chi connectivity index (χ3n) is 4.84. The maximum absolute atomic E-state index is 12.6. The minimum Gasteiger partial charge on any atom is -0.454 e. The van der Waals surface area contributed by atoms with Gasteiger partial charge in [0.15, 0.2) is 11.5 Å². The maximum atomic E-state index is 12.6. The lowest BCUT2D eigenvalue weighted by Crippen LogP contribution is -2.38. The predicted molar refractivity (Wildman–Crippen MR) is 102 cm³/mol. The van der Waals surface area contributed by atoms with Crippen LogP contribution in [0.5, 0.6) is 11.5 Å². The summed E-state index contributed by atoms with van der Waals surface area (Å²) in [4.78, 5) is 18.2. The largest absolute Gasteiger partial charge is 0.454 e. The zero-order valence-electron chi connectivity index (χ0n) is 15.7. The smallest absolute Gasteiger partial charge is 0.317 e. The van der Waals surface area contributed by atoms with E-state index in [-0.39, 0.29) is 18.9 Å². The summed E-state index contributed by atoms with van der Waals surface area (Å²) in [5, 5.41) is 7.06. The molecule has 1 atom stereocenters. The van der Waals surface area contributed by atoms with Crippen molar-refractivity contribution in [3.8, 4) is 17.2 Å². The van der Waals surface area contributed by atoms with Crippen LogP contribution in [0.3, 0.4) is 0 Å². The van der Waals surface area contributed by atoms with Crippen molar-refractivity contribution in [1.82, 2.24) is 25.0 Å². The quantitative estimate of drug-likeness (QED) is 0.737. The summed E-state index contributed by atoms with van der Waals surface area (Å²) in [5.74, 6) is 1.44. The van der Waals surface area contributed by atoms with E-state index in [2.05, 4.69) is 15.4 Å². The molecule has 4 rings (SSSR count). The first-order valence-corrected chi connectivity index (χ1v) is 8.96. The zero-order chi connectivity index (χ0) is 19.5. The fraction of sp³-hybridized carbons (Fsp3) is 0.250. The molecule has 0 saturated heterocycles. The molecule has 0 fully saturated rings. The molecule has 8 nitrogen and oxygen atoms in total. The van der Waals surface area contributed by atoms with Crippen LogP contribution in [0.15, 0.2) is 55.1 Å². The Morgan fingerprint density at radius 3 is 2.75 bits per heavy atom. The average Bonchev–Trinajstić information content (AvgIpc) is 3.42. The number of carbonyl (C=O) groups is 1. The Morgan fingerprint density at radius 2 is 2.00 bits per heavy atom. The first-order valence-electron chi connectivity index (χ1n) is 8.96. The summed E-state index contributed by atoms with van der Waals surface area (Å²) in [6.07, 6.45) is 3.14. The predicted octanol–water partition coefficient (Wildman–Crippen LogP) is 2.90. The van der Waals surface area contributed by atoms with E-state index in [1.165, 1.54) is 6.33 Å². The topological polar surface area (TPSA) is 81.5 Å². The number of aromatic nitrogens is 3. The van der Waals surface area contributed by atoms with Gasteiger partial charge in [-0.1, -0.05) is 18.2 Å². The van der Waals surface area contributed by atoms with Gasteiger partial charge < -0.3 is 19.7 Å². The second kappa shape index (κ2) is 7.59. The molecule has 144 valence electrons. The van der Waals surface area contributed by atoms with Crippen molar-refractivity contribution in [1.29, 1.82) is 0 Å². The molecule has 0 radical (unpaired) electrons. The number of rotatable bonds is 5. The molecule has 2 aromatic carbocycles. The molecule has 1 unspecified atom stereocenters. The van der Waals surface area contributed by atoms with E-state index in [0.29, 0.717) is 12.3 Å². The van der Waals surface area contributed by atoms with E-state index in [0.717, 1.165) is 22.6 Å². The van der Waals surface area contributed by atoms with Gasteiger partial charge in [0, 0.05) is 13.6 Å². The summed E-state index contributed by atoms with van der Waals surface area (Å²) in [6, 6.07) is 13.3. The normalized spacial score (nSPS) is 13.2. The fourth-order valence-electron chi connectivity index (χ4n) is 3.00. The number of hydrogen-bond acceptors (Lipinski definition) is 5. The zero-order valence-corrected chi connectivity index (χ0v) is 15.7. The Hall–Kier alpha value is -3.55. The molecule has 1 N–H and O–H groups in total. The minimum absolute atomic E-state index is 0.0819. The van der Waals surface area contributed by atoms with Gasteiger partial charge in [-0.05, 0) is 42.3 Å². The number of nitrogens with zero attached hydrogens (tertiary/aromatic N) is 4. The monoisotopic (exact) mass is 379 g/mol. The molecule has 1 aliphatic heterocycles. The fourth-order valence-corrected chi connectivity index (χ4v) is 3.00. The van der Waals surface area contributed by atoms with Crippen LogP contribution in [0.25, 0.3) is 5.69 Å². The average molecular weight is 379 g/mol. The molecule has 0 aliphatic carbocycles. The number of urea groups is 1. The van der Waals surface area contributed by atoms with Crippen LogP contribution < -0.4 is 14.8 Å². The van der Waals surface area contributed by atoms with E-state index in [9.17, 15) is 4.79 Å². The van der Waals surface area contributed by atoms with Crippen LogP contribution in [-0.4, -0.2) is 39.5 Å². The van der Waals surface area contributed by atoms with Crippen molar-refractivity contribution in [2.24, 2.45) is 0 Å². The van der Waals surface area contributed by atoms with E-state index in [1.807, 2.05) is 49.4 Å². The molecule has 1 aromatic heterocycles. The highest BCUT2D eigenvalue weighted by Gasteiger charge is 2.18. The molecule has 2 heterocycles. The van der Waals surface area contributed by atoms with Crippen LogP contribution in [0.4, 0.5) is 4.79 Å². The molecule has 0 saturated carbocycles. The molecular weight excluding hydrogens is 358 g/mol. The van der Waals surface area contributed by atoms with Gasteiger partial charge in [0.25, 0.3) is 0 Å². The second-order valence-electron chi connectivity index (χ2n) is 6.56. The molecule has 0 bridgehead atoms. The summed E-state index contributed by atoms with van der Waals surface area (Å²) < 4.78 is 12.4. The third kappa shape index (κ3) is 3.62. The second-order valence-corrected chi connectivity index (χ2v) is 6.56. The first kappa shape index (κ1) is 17.8. The number of benzene rings is 2. The van der Waals surface area contributed by atoms with Crippen molar-refractivity contribution in [3.63, 3.8) is 0 Å². The van der Waals surface area contributed by atoms with Crippen LogP contribution in [-0.2, 0) is 6.54 Å². The van der Waals surface area contributed by atoms with E-state index in [4.69, 9.17) is 9.47 Å². The van der Waals surface area contributed by atoms with E-state index in [1.54, 1.807) is 23.0 Å². The van der Waals surface area contributed by atoms with Crippen molar-refractivity contribution in [2.45, 2.75) is 19.5 Å². The van der Waals surface area contributed by atoms with Gasteiger partial charge in [-0.2, -0.15) is 5.10 Å². The highest BCUT2D eigenvalue weighted by atomic mass is 16.7. The Balaban J connectivity index is 1.36. The molecule has 8 heteroatoms. The van der Waals surface area contributed by atoms with Crippen LogP contribution >= 0.6 is 0 Å². The summed E-state index contributed by atoms with van der Waals surface area (Å²) in [5.41, 5.74) is 2.91. The van der Waals surface area contributed by atoms with Crippen LogP contribution in [0.1, 0.15) is 24.1 Å². The standard InChI is InChI=1S/C20H21N5O3/c1-14(16-4-6-17(7-5-16)25-12-21-11-23-25)24(2)20(26)22-10-15-3-8-18-19(9-15)28-13-27-18/h3-9,11-12,14H,10,13H2,1-2H3,(H,22,26). The number of nitrogens with one attached hydrogen (secondary N) is 1. The first-order chi connectivity index (χ1) is 13.6. The van der Waals surface area contributed by atoms with Crippen LogP contribution in [0, 0.1) is 0 Å². The summed E-state index contributed by atoms with van der Waals surface area (Å²) in [6.45, 7) is 2.64. The molecule has 28 heavy (non-hydrogen) atoms. The Bertz CT molecular complexity index is 956. The summed E-state index contributed by atoms with van der Waals surface area (Å²) in [7, 11) is 1.78. The van der Waals surface area contributed by atoms with Gasteiger partial charge in [-0.25, -0.2) is 14.5 Å². The van der Waals surface area contributed by atoms with Gasteiger partial charge in [-0.3, -0.25) is 0 Å². The van der Waals surface area contributed by atoms with Gasteiger partial charge in [0.05, 0.1) is 11.7 Å². The maximum Gasteiger partial charge on any atom is 0.317 e. The SMILES string of the molecule is CC(c1ccc(-n2cncn2)cc1)N(C)C(=O)NCc1ccc2c(c1)OCO2. The number of amides is 2. The van der Waals surface area contributed by atoms with Gasteiger partial charge >= 0.3 is 6.03 Å². The van der Waals surface area contributed by atoms with Crippen LogP contribution in [0.2, 0.25) is 0 Å². The Labute approximate surface area is 162 Å². The van der Waals surface area contributed by atoms with Crippen molar-refractivity contribution >= 4 is 6.03 Å². The molecular formula is C20H21N5O3. The number of ether oxygens (including phenoxy) is 2. The van der Waals surface area contributed by atoms with Crippen molar-refractivity contribution in [2.75, 3.05) is 13.8 Å².